The fourth-order valence-electron chi connectivity index (χ4n) is 3.20. The molecular weight excluding hydrogens is 184 g/mol. The van der Waals surface area contributed by atoms with E-state index in [0.29, 0.717) is 0 Å². The van der Waals surface area contributed by atoms with Gasteiger partial charge in [0.2, 0.25) is 0 Å². The third-order valence-electron chi connectivity index (χ3n) is 4.42. The van der Waals surface area contributed by atoms with Crippen LogP contribution in [-0.4, -0.2) is 30.6 Å². The second-order valence-electron chi connectivity index (χ2n) is 5.64. The van der Waals surface area contributed by atoms with Crippen molar-refractivity contribution in [3.8, 4) is 0 Å². The maximum atomic E-state index is 5.80. The Morgan fingerprint density at radius 2 is 1.87 bits per heavy atom. The number of hydrogen-bond acceptors (Lipinski definition) is 2. The van der Waals surface area contributed by atoms with E-state index in [2.05, 4.69) is 11.8 Å². The molecule has 2 fully saturated rings. The van der Waals surface area contributed by atoms with Gasteiger partial charge in [0.15, 0.2) is 0 Å². The average molecular weight is 210 g/mol. The zero-order valence-electron chi connectivity index (χ0n) is 10.1. The molecule has 2 unspecified atom stereocenters. The predicted molar refractivity (Wildman–Crippen MR) is 64.8 cm³/mol. The number of nitrogens with two attached hydrogens (primary N) is 1. The van der Waals surface area contributed by atoms with Crippen molar-refractivity contribution in [2.24, 2.45) is 17.6 Å². The van der Waals surface area contributed by atoms with E-state index in [-0.39, 0.29) is 0 Å². The summed E-state index contributed by atoms with van der Waals surface area (Å²) in [4.78, 5) is 2.74. The highest BCUT2D eigenvalue weighted by molar-refractivity contribution is 4.83. The van der Waals surface area contributed by atoms with Crippen molar-refractivity contribution < 1.29 is 0 Å². The fraction of sp³-hybridized carbons (Fsp3) is 1.00. The summed E-state index contributed by atoms with van der Waals surface area (Å²) >= 11 is 0. The summed E-state index contributed by atoms with van der Waals surface area (Å²) in [7, 11) is 0. The van der Waals surface area contributed by atoms with Gasteiger partial charge in [-0.05, 0) is 63.6 Å². The standard InChI is InChI=1S/C13H26N2/c1-11-5-7-15(8-6-11)13-4-2-3-12(9-13)10-14/h11-13H,2-10,14H2,1H3. The largest absolute Gasteiger partial charge is 0.330 e. The van der Waals surface area contributed by atoms with E-state index < -0.39 is 0 Å². The lowest BCUT2D eigenvalue weighted by Gasteiger charge is -2.40. The van der Waals surface area contributed by atoms with Crippen molar-refractivity contribution >= 4 is 0 Å². The van der Waals surface area contributed by atoms with Crippen molar-refractivity contribution in [1.82, 2.24) is 4.90 Å². The molecule has 0 aromatic rings. The van der Waals surface area contributed by atoms with Gasteiger partial charge in [-0.2, -0.15) is 0 Å². The molecule has 1 aliphatic carbocycles. The minimum atomic E-state index is 0.808. The molecule has 0 bridgehead atoms. The lowest BCUT2D eigenvalue weighted by atomic mass is 9.84. The van der Waals surface area contributed by atoms with Crippen molar-refractivity contribution in [2.75, 3.05) is 19.6 Å². The molecule has 2 rings (SSSR count). The lowest BCUT2D eigenvalue weighted by Crippen LogP contribution is -2.44. The molecule has 2 nitrogen and oxygen atoms in total. The van der Waals surface area contributed by atoms with Crippen LogP contribution >= 0.6 is 0 Å². The van der Waals surface area contributed by atoms with E-state index in [1.165, 1.54) is 51.6 Å². The normalized spacial score (nSPS) is 35.6. The maximum Gasteiger partial charge on any atom is 0.00983 e. The molecule has 2 aliphatic rings. The zero-order chi connectivity index (χ0) is 10.7. The van der Waals surface area contributed by atoms with Crippen LogP contribution in [0.5, 0.6) is 0 Å². The van der Waals surface area contributed by atoms with Crippen LogP contribution < -0.4 is 5.73 Å². The molecule has 15 heavy (non-hydrogen) atoms. The summed E-state index contributed by atoms with van der Waals surface area (Å²) in [6.45, 7) is 5.97. The molecule has 2 atom stereocenters. The first-order valence-electron chi connectivity index (χ1n) is 6.73. The zero-order valence-corrected chi connectivity index (χ0v) is 10.1. The smallest absolute Gasteiger partial charge is 0.00983 e. The summed E-state index contributed by atoms with van der Waals surface area (Å²) in [6.07, 6.45) is 8.37. The van der Waals surface area contributed by atoms with Crippen LogP contribution in [0.2, 0.25) is 0 Å². The van der Waals surface area contributed by atoms with Crippen LogP contribution in [0.15, 0.2) is 0 Å². The Hall–Kier alpha value is -0.0800. The van der Waals surface area contributed by atoms with E-state index in [9.17, 15) is 0 Å². The molecule has 0 spiro atoms. The van der Waals surface area contributed by atoms with E-state index in [0.717, 1.165) is 24.4 Å². The second kappa shape index (κ2) is 5.31. The molecular formula is C13H26N2. The minimum Gasteiger partial charge on any atom is -0.330 e. The van der Waals surface area contributed by atoms with Gasteiger partial charge in [0.05, 0.1) is 0 Å². The topological polar surface area (TPSA) is 29.3 Å². The van der Waals surface area contributed by atoms with Gasteiger partial charge < -0.3 is 10.6 Å². The van der Waals surface area contributed by atoms with Crippen molar-refractivity contribution in [1.29, 1.82) is 0 Å². The Morgan fingerprint density at radius 1 is 1.13 bits per heavy atom. The quantitative estimate of drug-likeness (QED) is 0.757. The molecule has 88 valence electrons. The molecule has 2 N–H and O–H groups in total. The van der Waals surface area contributed by atoms with Gasteiger partial charge >= 0.3 is 0 Å². The summed E-state index contributed by atoms with van der Waals surface area (Å²) in [5.41, 5.74) is 5.80. The Balaban J connectivity index is 1.82. The second-order valence-corrected chi connectivity index (χ2v) is 5.64. The number of piperidine rings is 1. The molecule has 0 radical (unpaired) electrons. The third kappa shape index (κ3) is 2.94. The van der Waals surface area contributed by atoms with Crippen molar-refractivity contribution in [3.05, 3.63) is 0 Å². The summed E-state index contributed by atoms with van der Waals surface area (Å²) < 4.78 is 0. The molecule has 1 saturated carbocycles. The van der Waals surface area contributed by atoms with E-state index in [1.807, 2.05) is 0 Å². The summed E-state index contributed by atoms with van der Waals surface area (Å²) in [5, 5.41) is 0. The monoisotopic (exact) mass is 210 g/mol. The number of nitrogens with zero attached hydrogens (tertiary/aromatic N) is 1. The van der Waals surface area contributed by atoms with E-state index >= 15 is 0 Å². The Labute approximate surface area is 94.2 Å². The molecule has 1 saturated heterocycles. The highest BCUT2D eigenvalue weighted by atomic mass is 15.2. The first-order chi connectivity index (χ1) is 7.29. The first-order valence-corrected chi connectivity index (χ1v) is 6.73. The highest BCUT2D eigenvalue weighted by Gasteiger charge is 2.27. The molecule has 0 amide bonds. The van der Waals surface area contributed by atoms with Crippen LogP contribution in [0.4, 0.5) is 0 Å². The molecule has 0 aromatic heterocycles. The van der Waals surface area contributed by atoms with Gasteiger partial charge in [0.25, 0.3) is 0 Å². The van der Waals surface area contributed by atoms with Gasteiger partial charge in [0, 0.05) is 6.04 Å². The lowest BCUT2D eigenvalue weighted by molar-refractivity contribution is 0.0944. The highest BCUT2D eigenvalue weighted by Crippen LogP contribution is 2.29. The summed E-state index contributed by atoms with van der Waals surface area (Å²) in [5.74, 6) is 1.76. The van der Waals surface area contributed by atoms with Gasteiger partial charge in [-0.3, -0.25) is 0 Å². The van der Waals surface area contributed by atoms with Crippen LogP contribution in [-0.2, 0) is 0 Å². The predicted octanol–water partition coefficient (Wildman–Crippen LogP) is 2.24. The number of likely N-dealkylation sites (tertiary alicyclic amines) is 1. The third-order valence-corrected chi connectivity index (χ3v) is 4.42. The van der Waals surface area contributed by atoms with Crippen LogP contribution in [0.25, 0.3) is 0 Å². The van der Waals surface area contributed by atoms with Gasteiger partial charge in [-0.25, -0.2) is 0 Å². The Bertz CT molecular complexity index is 185. The molecule has 1 heterocycles. The first kappa shape index (κ1) is 11.4. The molecule has 2 heteroatoms. The maximum absolute atomic E-state index is 5.80. The minimum absolute atomic E-state index is 0.808. The fourth-order valence-corrected chi connectivity index (χ4v) is 3.20. The van der Waals surface area contributed by atoms with Crippen LogP contribution in [0.1, 0.15) is 45.4 Å². The van der Waals surface area contributed by atoms with Gasteiger partial charge in [-0.15, -0.1) is 0 Å². The van der Waals surface area contributed by atoms with Crippen LogP contribution in [0, 0.1) is 11.8 Å². The van der Waals surface area contributed by atoms with Crippen LogP contribution in [0.3, 0.4) is 0 Å². The van der Waals surface area contributed by atoms with E-state index in [4.69, 9.17) is 5.73 Å². The molecule has 0 aromatic carbocycles. The van der Waals surface area contributed by atoms with Gasteiger partial charge in [0.1, 0.15) is 0 Å². The number of rotatable bonds is 2. The van der Waals surface area contributed by atoms with Gasteiger partial charge in [-0.1, -0.05) is 13.3 Å². The van der Waals surface area contributed by atoms with Crippen molar-refractivity contribution in [2.45, 2.75) is 51.5 Å². The average Bonchev–Trinajstić information content (AvgIpc) is 2.30. The van der Waals surface area contributed by atoms with Crippen molar-refractivity contribution in [3.63, 3.8) is 0 Å². The Kier molecular flexibility index (Phi) is 4.04. The number of hydrogen-bond donors (Lipinski definition) is 1. The SMILES string of the molecule is CC1CCN(C2CCCC(CN)C2)CC1. The summed E-state index contributed by atoms with van der Waals surface area (Å²) in [6, 6.07) is 0.861. The Morgan fingerprint density at radius 3 is 2.53 bits per heavy atom. The molecule has 1 aliphatic heterocycles. The van der Waals surface area contributed by atoms with E-state index in [1.54, 1.807) is 0 Å².